The maximum atomic E-state index is 10.5. The van der Waals surface area contributed by atoms with E-state index in [4.69, 9.17) is 14.0 Å². The maximum Gasteiger partial charge on any atom is 0.232 e. The molecule has 0 amide bonds. The molecule has 1 atom stereocenters. The zero-order chi connectivity index (χ0) is 21.5. The Bertz CT molecular complexity index is 815. The summed E-state index contributed by atoms with van der Waals surface area (Å²) < 4.78 is 16.9. The first-order valence-corrected chi connectivity index (χ1v) is 11.2. The van der Waals surface area contributed by atoms with E-state index in [2.05, 4.69) is 33.7 Å². The highest BCUT2D eigenvalue weighted by Gasteiger charge is 2.29. The van der Waals surface area contributed by atoms with Crippen molar-refractivity contribution in [2.45, 2.75) is 25.5 Å². The molecular formula is C24H33N3O4. The van der Waals surface area contributed by atoms with Crippen molar-refractivity contribution in [1.29, 1.82) is 0 Å². The van der Waals surface area contributed by atoms with Crippen LogP contribution in [0.4, 0.5) is 5.88 Å². The zero-order valence-corrected chi connectivity index (χ0v) is 18.1. The van der Waals surface area contributed by atoms with Crippen LogP contribution < -0.4 is 4.90 Å². The van der Waals surface area contributed by atoms with Crippen LogP contribution in [-0.2, 0) is 16.0 Å². The smallest absolute Gasteiger partial charge is 0.232 e. The van der Waals surface area contributed by atoms with Gasteiger partial charge in [0.05, 0.1) is 38.1 Å². The van der Waals surface area contributed by atoms with E-state index in [0.29, 0.717) is 45.4 Å². The number of ether oxygens (including phenoxy) is 2. The van der Waals surface area contributed by atoms with Gasteiger partial charge < -0.3 is 24.0 Å². The molecule has 4 rings (SSSR count). The van der Waals surface area contributed by atoms with E-state index in [9.17, 15) is 5.11 Å². The molecule has 2 fully saturated rings. The van der Waals surface area contributed by atoms with Crippen LogP contribution >= 0.6 is 0 Å². The lowest BCUT2D eigenvalue weighted by molar-refractivity contribution is 0.0236. The Labute approximate surface area is 184 Å². The maximum absolute atomic E-state index is 10.5. The second-order valence-corrected chi connectivity index (χ2v) is 8.40. The van der Waals surface area contributed by atoms with Crippen molar-refractivity contribution >= 4 is 5.88 Å². The summed E-state index contributed by atoms with van der Waals surface area (Å²) in [4.78, 5) is 4.54. The van der Waals surface area contributed by atoms with E-state index < -0.39 is 6.10 Å². The first-order valence-electron chi connectivity index (χ1n) is 11.2. The third-order valence-corrected chi connectivity index (χ3v) is 5.72. The number of aliphatic hydroxyl groups excluding tert-OH is 1. The van der Waals surface area contributed by atoms with Crippen molar-refractivity contribution in [2.75, 3.05) is 57.5 Å². The Hall–Kier alpha value is -2.19. The zero-order valence-electron chi connectivity index (χ0n) is 18.1. The van der Waals surface area contributed by atoms with Crippen molar-refractivity contribution in [3.05, 3.63) is 48.6 Å². The second-order valence-electron chi connectivity index (χ2n) is 8.40. The van der Waals surface area contributed by atoms with Crippen LogP contribution in [0.25, 0.3) is 11.3 Å². The van der Waals surface area contributed by atoms with Crippen molar-refractivity contribution in [2.24, 2.45) is 5.92 Å². The van der Waals surface area contributed by atoms with Crippen LogP contribution in [0.2, 0.25) is 0 Å². The molecule has 1 saturated carbocycles. The fraction of sp³-hybridized carbons (Fsp3) is 0.542. The molecule has 1 aromatic carbocycles. The summed E-state index contributed by atoms with van der Waals surface area (Å²) in [5.74, 6) is 1.52. The largest absolute Gasteiger partial charge is 0.389 e. The topological polar surface area (TPSA) is 71.2 Å². The van der Waals surface area contributed by atoms with Gasteiger partial charge in [0.15, 0.2) is 0 Å². The number of benzene rings is 1. The molecule has 2 aliphatic rings. The summed E-state index contributed by atoms with van der Waals surface area (Å²) in [7, 11) is 0. The second kappa shape index (κ2) is 10.9. The van der Waals surface area contributed by atoms with Gasteiger partial charge in [0, 0.05) is 38.3 Å². The van der Waals surface area contributed by atoms with Crippen LogP contribution in [0.3, 0.4) is 0 Å². The minimum atomic E-state index is -0.550. The highest BCUT2D eigenvalue weighted by molar-refractivity contribution is 5.68. The Balaban J connectivity index is 1.56. The summed E-state index contributed by atoms with van der Waals surface area (Å²) >= 11 is 0. The minimum absolute atomic E-state index is 0.304. The van der Waals surface area contributed by atoms with E-state index >= 15 is 0 Å². The number of anilines is 1. The molecule has 168 valence electrons. The monoisotopic (exact) mass is 427 g/mol. The molecule has 1 saturated heterocycles. The van der Waals surface area contributed by atoms with Crippen LogP contribution in [0.5, 0.6) is 0 Å². The molecule has 1 N–H and O–H groups in total. The molecular weight excluding hydrogens is 394 g/mol. The molecule has 7 nitrogen and oxygen atoms in total. The van der Waals surface area contributed by atoms with Crippen molar-refractivity contribution < 1.29 is 19.1 Å². The van der Waals surface area contributed by atoms with Crippen LogP contribution in [0.15, 0.2) is 47.5 Å². The Morgan fingerprint density at radius 3 is 2.74 bits per heavy atom. The van der Waals surface area contributed by atoms with Crippen LogP contribution in [0, 0.1) is 5.92 Å². The van der Waals surface area contributed by atoms with Crippen LogP contribution in [-0.4, -0.2) is 73.9 Å². The molecule has 0 radical (unpaired) electrons. The first-order chi connectivity index (χ1) is 15.2. The van der Waals surface area contributed by atoms with Gasteiger partial charge in [-0.2, -0.15) is 0 Å². The molecule has 2 aromatic rings. The normalized spacial score (nSPS) is 17.8. The van der Waals surface area contributed by atoms with E-state index in [1.165, 1.54) is 12.8 Å². The van der Waals surface area contributed by atoms with Gasteiger partial charge in [-0.1, -0.05) is 41.6 Å². The fourth-order valence-electron chi connectivity index (χ4n) is 4.01. The predicted molar refractivity (Wildman–Crippen MR) is 120 cm³/mol. The molecule has 7 heteroatoms. The lowest BCUT2D eigenvalue weighted by atomic mass is 10.1. The quantitative estimate of drug-likeness (QED) is 0.412. The highest BCUT2D eigenvalue weighted by atomic mass is 16.5. The van der Waals surface area contributed by atoms with Gasteiger partial charge in [0.1, 0.15) is 5.69 Å². The molecule has 0 unspecified atom stereocenters. The number of aliphatic hydroxyl groups is 1. The summed E-state index contributed by atoms with van der Waals surface area (Å²) in [6.45, 7) is 9.55. The van der Waals surface area contributed by atoms with E-state index in [1.807, 2.05) is 18.2 Å². The number of nitrogens with zero attached hydrogens (tertiary/aromatic N) is 3. The third kappa shape index (κ3) is 6.17. The van der Waals surface area contributed by atoms with E-state index in [-0.39, 0.29) is 0 Å². The summed E-state index contributed by atoms with van der Waals surface area (Å²) in [5, 5.41) is 15.0. The lowest BCUT2D eigenvalue weighted by Gasteiger charge is -2.29. The Morgan fingerprint density at radius 2 is 2.03 bits per heavy atom. The van der Waals surface area contributed by atoms with Gasteiger partial charge in [0.25, 0.3) is 0 Å². The number of aromatic nitrogens is 1. The van der Waals surface area contributed by atoms with Gasteiger partial charge in [-0.3, -0.25) is 4.90 Å². The molecule has 0 spiro atoms. The minimum Gasteiger partial charge on any atom is -0.389 e. The predicted octanol–water partition coefficient (Wildman–Crippen LogP) is 2.95. The van der Waals surface area contributed by atoms with E-state index in [0.717, 1.165) is 42.3 Å². The summed E-state index contributed by atoms with van der Waals surface area (Å²) in [6.07, 6.45) is 3.66. The molecule has 1 aromatic heterocycles. The highest BCUT2D eigenvalue weighted by Crippen LogP contribution is 2.35. The third-order valence-electron chi connectivity index (χ3n) is 5.72. The number of morpholine rings is 1. The van der Waals surface area contributed by atoms with Gasteiger partial charge in [-0.25, -0.2) is 0 Å². The Kier molecular flexibility index (Phi) is 7.75. The summed E-state index contributed by atoms with van der Waals surface area (Å²) in [6, 6.07) is 10.2. The Morgan fingerprint density at radius 1 is 1.26 bits per heavy atom. The molecule has 2 heterocycles. The van der Waals surface area contributed by atoms with Gasteiger partial charge in [-0.05, 0) is 18.8 Å². The molecule has 1 aliphatic heterocycles. The average Bonchev–Trinajstić information content (AvgIpc) is 3.52. The average molecular weight is 428 g/mol. The van der Waals surface area contributed by atoms with Crippen molar-refractivity contribution in [3.63, 3.8) is 0 Å². The van der Waals surface area contributed by atoms with Gasteiger partial charge in [0.2, 0.25) is 5.88 Å². The van der Waals surface area contributed by atoms with E-state index in [1.54, 1.807) is 6.08 Å². The lowest BCUT2D eigenvalue weighted by Crippen LogP contribution is -2.38. The van der Waals surface area contributed by atoms with Crippen LogP contribution in [0.1, 0.15) is 18.4 Å². The number of hydrogen-bond donors (Lipinski definition) is 1. The van der Waals surface area contributed by atoms with Crippen molar-refractivity contribution in [3.8, 4) is 11.3 Å². The fourth-order valence-corrected chi connectivity index (χ4v) is 4.01. The van der Waals surface area contributed by atoms with Gasteiger partial charge >= 0.3 is 0 Å². The van der Waals surface area contributed by atoms with Gasteiger partial charge in [-0.15, -0.1) is 6.58 Å². The molecule has 31 heavy (non-hydrogen) atoms. The standard InChI is InChI=1S/C24H33N3O4/c1-2-12-30-18-21(28)16-26(15-19-8-9-19)17-22-23(20-6-4-3-5-7-20)25-31-24(22)27-10-13-29-14-11-27/h2-7,19,21,28H,1,8-18H2/t21-/m1/s1. The number of rotatable bonds is 12. The number of hydrogen-bond acceptors (Lipinski definition) is 7. The molecule has 1 aliphatic carbocycles. The molecule has 0 bridgehead atoms. The first kappa shape index (κ1) is 22.0. The van der Waals surface area contributed by atoms with Crippen molar-refractivity contribution in [1.82, 2.24) is 10.1 Å². The summed E-state index contributed by atoms with van der Waals surface area (Å²) in [5.41, 5.74) is 3.00. The SMILES string of the molecule is C=CCOC[C@H](O)CN(Cc1c(-c2ccccc2)noc1N1CCOCC1)CC1CC1.